The first-order valence-electron chi connectivity index (χ1n) is 9.69. The molecular weight excluding hydrogens is 468 g/mol. The maximum Gasteiger partial charge on any atom is 0.338 e. The molecule has 0 heterocycles. The molecule has 0 bridgehead atoms. The van der Waals surface area contributed by atoms with E-state index in [0.29, 0.717) is 17.2 Å². The monoisotopic (exact) mass is 488 g/mol. The fraction of sp³-hybridized carbons (Fsp3) is 0.130. The molecule has 0 aromatic heterocycles. The zero-order valence-electron chi connectivity index (χ0n) is 17.8. The number of hydrogen-bond acceptors (Lipinski definition) is 6. The minimum Gasteiger partial charge on any atom is -0.455 e. The lowest BCUT2D eigenvalue weighted by Crippen LogP contribution is -2.23. The first kappa shape index (κ1) is 24.2. The van der Waals surface area contributed by atoms with E-state index in [-0.39, 0.29) is 15.5 Å². The van der Waals surface area contributed by atoms with Gasteiger partial charge in [-0.25, -0.2) is 17.5 Å². The highest BCUT2D eigenvalue weighted by Gasteiger charge is 2.23. The molecule has 0 aliphatic carbocycles. The summed E-state index contributed by atoms with van der Waals surface area (Å²) in [6, 6.07) is 19.6. The largest absolute Gasteiger partial charge is 0.455 e. The van der Waals surface area contributed by atoms with Crippen molar-refractivity contribution in [3.8, 4) is 11.5 Å². The van der Waals surface area contributed by atoms with Crippen molar-refractivity contribution in [1.82, 2.24) is 4.31 Å². The minimum atomic E-state index is -3.87. The van der Waals surface area contributed by atoms with Crippen molar-refractivity contribution < 1.29 is 27.5 Å². The first-order valence-corrected chi connectivity index (χ1v) is 11.5. The van der Waals surface area contributed by atoms with Crippen LogP contribution >= 0.6 is 11.6 Å². The predicted octanol–water partition coefficient (Wildman–Crippen LogP) is 4.18. The normalized spacial score (nSPS) is 11.2. The van der Waals surface area contributed by atoms with Crippen LogP contribution in [0.2, 0.25) is 5.02 Å². The molecule has 0 radical (unpaired) electrons. The van der Waals surface area contributed by atoms with E-state index in [4.69, 9.17) is 21.1 Å². The molecule has 0 saturated heterocycles. The van der Waals surface area contributed by atoms with Crippen LogP contribution in [-0.4, -0.2) is 45.3 Å². The summed E-state index contributed by atoms with van der Waals surface area (Å²) < 4.78 is 36.6. The Hall–Kier alpha value is -3.40. The molecule has 1 amide bonds. The molecule has 1 N–H and O–H groups in total. The van der Waals surface area contributed by atoms with Crippen molar-refractivity contribution >= 4 is 39.2 Å². The summed E-state index contributed by atoms with van der Waals surface area (Å²) in [5, 5.41) is 2.60. The van der Waals surface area contributed by atoms with Gasteiger partial charge in [0.15, 0.2) is 12.4 Å². The Balaban J connectivity index is 1.66. The first-order chi connectivity index (χ1) is 15.7. The molecular formula is C23H21ClN2O6S. The van der Waals surface area contributed by atoms with E-state index in [9.17, 15) is 18.0 Å². The molecule has 3 aromatic rings. The maximum atomic E-state index is 12.4. The van der Waals surface area contributed by atoms with Gasteiger partial charge in [-0.05, 0) is 42.5 Å². The molecule has 3 aromatic carbocycles. The summed E-state index contributed by atoms with van der Waals surface area (Å²) in [6.45, 7) is -0.586. The van der Waals surface area contributed by atoms with Crippen LogP contribution in [0.15, 0.2) is 77.7 Å². The zero-order chi connectivity index (χ0) is 24.0. The van der Waals surface area contributed by atoms with Crippen molar-refractivity contribution in [3.05, 3.63) is 83.4 Å². The van der Waals surface area contributed by atoms with Crippen LogP contribution < -0.4 is 10.1 Å². The number of amides is 1. The molecule has 0 aliphatic heterocycles. The van der Waals surface area contributed by atoms with Crippen LogP contribution in [0.1, 0.15) is 10.4 Å². The Morgan fingerprint density at radius 1 is 0.970 bits per heavy atom. The summed E-state index contributed by atoms with van der Waals surface area (Å²) >= 11 is 5.99. The number of para-hydroxylation sites is 3. The number of ether oxygens (including phenoxy) is 2. The lowest BCUT2D eigenvalue weighted by atomic mass is 10.2. The van der Waals surface area contributed by atoms with Crippen LogP contribution in [0.25, 0.3) is 0 Å². The Labute approximate surface area is 196 Å². The lowest BCUT2D eigenvalue weighted by molar-refractivity contribution is -0.119. The third-order valence-electron chi connectivity index (χ3n) is 4.39. The predicted molar refractivity (Wildman–Crippen MR) is 124 cm³/mol. The van der Waals surface area contributed by atoms with Crippen LogP contribution in [0.3, 0.4) is 0 Å². The number of sulfonamides is 1. The van der Waals surface area contributed by atoms with Gasteiger partial charge >= 0.3 is 5.97 Å². The van der Waals surface area contributed by atoms with E-state index in [1.165, 1.54) is 26.2 Å². The molecule has 0 atom stereocenters. The van der Waals surface area contributed by atoms with E-state index < -0.39 is 28.5 Å². The average Bonchev–Trinajstić information content (AvgIpc) is 2.79. The van der Waals surface area contributed by atoms with Gasteiger partial charge < -0.3 is 14.8 Å². The number of nitrogens with zero attached hydrogens (tertiary/aromatic N) is 1. The highest BCUT2D eigenvalue weighted by molar-refractivity contribution is 7.89. The Bertz CT molecular complexity index is 1260. The molecule has 0 fully saturated rings. The summed E-state index contributed by atoms with van der Waals surface area (Å²) in [7, 11) is -1.17. The number of nitrogens with one attached hydrogen (secondary N) is 1. The van der Waals surface area contributed by atoms with Crippen LogP contribution in [-0.2, 0) is 19.6 Å². The Kier molecular flexibility index (Phi) is 7.70. The third kappa shape index (κ3) is 6.10. The van der Waals surface area contributed by atoms with E-state index >= 15 is 0 Å². The molecule has 0 aliphatic rings. The number of halogens is 1. The standard InChI is InChI=1S/C23H21ClN2O6S/c1-26(2)33(29,30)21-14-16(12-13-18(21)24)23(28)31-15-22(27)25-19-10-6-7-11-20(19)32-17-8-4-3-5-9-17/h3-14H,15H2,1-2H3,(H,25,27). The van der Waals surface area contributed by atoms with E-state index in [0.717, 1.165) is 10.4 Å². The van der Waals surface area contributed by atoms with Crippen molar-refractivity contribution in [1.29, 1.82) is 0 Å². The van der Waals surface area contributed by atoms with Gasteiger partial charge in [-0.15, -0.1) is 0 Å². The van der Waals surface area contributed by atoms with Gasteiger partial charge in [0, 0.05) is 14.1 Å². The van der Waals surface area contributed by atoms with Gasteiger partial charge in [0.05, 0.1) is 16.3 Å². The zero-order valence-corrected chi connectivity index (χ0v) is 19.4. The number of rotatable bonds is 8. The van der Waals surface area contributed by atoms with Crippen molar-refractivity contribution in [2.75, 3.05) is 26.0 Å². The summed E-state index contributed by atoms with van der Waals surface area (Å²) in [6.07, 6.45) is 0. The van der Waals surface area contributed by atoms with Crippen molar-refractivity contribution in [3.63, 3.8) is 0 Å². The van der Waals surface area contributed by atoms with Gasteiger partial charge in [-0.3, -0.25) is 4.79 Å². The van der Waals surface area contributed by atoms with Gasteiger partial charge in [0.2, 0.25) is 10.0 Å². The smallest absolute Gasteiger partial charge is 0.338 e. The highest BCUT2D eigenvalue weighted by Crippen LogP contribution is 2.29. The molecule has 8 nitrogen and oxygen atoms in total. The average molecular weight is 489 g/mol. The van der Waals surface area contributed by atoms with E-state index in [1.807, 2.05) is 18.2 Å². The van der Waals surface area contributed by atoms with Gasteiger partial charge in [0.25, 0.3) is 5.91 Å². The number of benzene rings is 3. The minimum absolute atomic E-state index is 0.0342. The highest BCUT2D eigenvalue weighted by atomic mass is 35.5. The number of anilines is 1. The summed E-state index contributed by atoms with van der Waals surface area (Å²) in [5.41, 5.74) is 0.341. The fourth-order valence-corrected chi connectivity index (χ4v) is 4.09. The SMILES string of the molecule is CN(C)S(=O)(=O)c1cc(C(=O)OCC(=O)Nc2ccccc2Oc2ccccc2)ccc1Cl. The van der Waals surface area contributed by atoms with Gasteiger partial charge in [-0.2, -0.15) is 0 Å². The molecule has 0 spiro atoms. The maximum absolute atomic E-state index is 12.4. The second kappa shape index (κ2) is 10.5. The number of hydrogen-bond donors (Lipinski definition) is 1. The van der Waals surface area contributed by atoms with Crippen LogP contribution in [0.4, 0.5) is 5.69 Å². The number of carbonyl (C=O) groups excluding carboxylic acids is 2. The van der Waals surface area contributed by atoms with Gasteiger partial charge in [0.1, 0.15) is 10.6 Å². The number of carbonyl (C=O) groups is 2. The molecule has 10 heteroatoms. The molecule has 33 heavy (non-hydrogen) atoms. The van der Waals surface area contributed by atoms with Crippen LogP contribution in [0.5, 0.6) is 11.5 Å². The topological polar surface area (TPSA) is 102 Å². The number of esters is 1. The Morgan fingerprint density at radius 2 is 1.64 bits per heavy atom. The second-order valence-corrected chi connectivity index (χ2v) is 9.50. The molecule has 172 valence electrons. The molecule has 0 unspecified atom stereocenters. The summed E-state index contributed by atoms with van der Waals surface area (Å²) in [4.78, 5) is 24.5. The second-order valence-electron chi connectivity index (χ2n) is 6.97. The molecule has 3 rings (SSSR count). The fourth-order valence-electron chi connectivity index (χ4n) is 2.70. The van der Waals surface area contributed by atoms with Crippen molar-refractivity contribution in [2.45, 2.75) is 4.90 Å². The lowest BCUT2D eigenvalue weighted by Gasteiger charge is -2.14. The van der Waals surface area contributed by atoms with Crippen LogP contribution in [0, 0.1) is 0 Å². The van der Waals surface area contributed by atoms with E-state index in [1.54, 1.807) is 36.4 Å². The summed E-state index contributed by atoms with van der Waals surface area (Å²) in [5.74, 6) is -0.454. The molecule has 0 saturated carbocycles. The third-order valence-corrected chi connectivity index (χ3v) is 6.69. The quantitative estimate of drug-likeness (QED) is 0.477. The van der Waals surface area contributed by atoms with Gasteiger partial charge in [-0.1, -0.05) is 41.9 Å². The van der Waals surface area contributed by atoms with E-state index in [2.05, 4.69) is 5.32 Å². The van der Waals surface area contributed by atoms with Crippen molar-refractivity contribution in [2.24, 2.45) is 0 Å². The Morgan fingerprint density at radius 3 is 2.33 bits per heavy atom.